The van der Waals surface area contributed by atoms with Crippen LogP contribution in [-0.4, -0.2) is 37.0 Å². The first kappa shape index (κ1) is 12.5. The zero-order valence-corrected chi connectivity index (χ0v) is 11.1. The summed E-state index contributed by atoms with van der Waals surface area (Å²) in [6.45, 7) is 6.97. The molecule has 1 aliphatic carbocycles. The van der Waals surface area contributed by atoms with Crippen LogP contribution >= 0.6 is 0 Å². The predicted octanol–water partition coefficient (Wildman–Crippen LogP) is 2.32. The third-order valence-corrected chi connectivity index (χ3v) is 5.75. The molecular formula is C11H21NO2Si. The Hall–Kier alpha value is -0.613. The number of hydrogen-bond donors (Lipinski definition) is 1. The summed E-state index contributed by atoms with van der Waals surface area (Å²) in [4.78, 5) is 10.8. The van der Waals surface area contributed by atoms with Gasteiger partial charge in [-0.15, -0.1) is 0 Å². The molecule has 0 spiro atoms. The third kappa shape index (κ3) is 3.17. The summed E-state index contributed by atoms with van der Waals surface area (Å²) >= 11 is 0. The summed E-state index contributed by atoms with van der Waals surface area (Å²) < 4.78 is 2.47. The molecule has 0 saturated heterocycles. The van der Waals surface area contributed by atoms with E-state index in [1.807, 2.05) is 6.08 Å². The Bertz CT molecular complexity index is 281. The highest BCUT2D eigenvalue weighted by molar-refractivity contribution is 6.73. The Morgan fingerprint density at radius 1 is 1.53 bits per heavy atom. The summed E-state index contributed by atoms with van der Waals surface area (Å²) in [6, 6.07) is 0.541. The minimum atomic E-state index is -1.24. The maximum absolute atomic E-state index is 10.8. The molecule has 0 aliphatic heterocycles. The van der Waals surface area contributed by atoms with Gasteiger partial charge < -0.3 is 9.67 Å². The van der Waals surface area contributed by atoms with Crippen LogP contribution in [-0.2, 0) is 4.79 Å². The van der Waals surface area contributed by atoms with Crippen LogP contribution in [0.4, 0.5) is 0 Å². The van der Waals surface area contributed by atoms with Gasteiger partial charge in [-0.2, -0.15) is 0 Å². The Morgan fingerprint density at radius 2 is 2.13 bits per heavy atom. The first-order chi connectivity index (χ1) is 6.82. The van der Waals surface area contributed by atoms with Crippen molar-refractivity contribution < 1.29 is 9.90 Å². The molecule has 86 valence electrons. The van der Waals surface area contributed by atoms with Crippen molar-refractivity contribution in [2.45, 2.75) is 44.9 Å². The largest absolute Gasteiger partial charge is 0.478 e. The van der Waals surface area contributed by atoms with Crippen LogP contribution in [0.25, 0.3) is 0 Å². The maximum Gasteiger partial charge on any atom is 0.331 e. The molecule has 0 aromatic carbocycles. The third-order valence-electron chi connectivity index (χ3n) is 3.26. The van der Waals surface area contributed by atoms with E-state index in [2.05, 4.69) is 31.3 Å². The highest BCUT2D eigenvalue weighted by Crippen LogP contribution is 2.25. The Morgan fingerprint density at radius 3 is 2.47 bits per heavy atom. The molecule has 0 aromatic rings. The van der Waals surface area contributed by atoms with Crippen molar-refractivity contribution in [2.24, 2.45) is 0 Å². The molecule has 1 rings (SSSR count). The van der Waals surface area contributed by atoms with E-state index in [0.717, 1.165) is 19.3 Å². The molecule has 0 fully saturated rings. The van der Waals surface area contributed by atoms with Crippen molar-refractivity contribution in [1.29, 1.82) is 0 Å². The minimum absolute atomic E-state index is 0.541. The Labute approximate surface area is 92.9 Å². The second-order valence-corrected chi connectivity index (χ2v) is 10.3. The number of aliphatic carboxylic acids is 1. The summed E-state index contributed by atoms with van der Waals surface area (Å²) in [7, 11) is 0.937. The Kier molecular flexibility index (Phi) is 3.73. The lowest BCUT2D eigenvalue weighted by atomic mass is 9.95. The van der Waals surface area contributed by atoms with Crippen LogP contribution < -0.4 is 0 Å². The van der Waals surface area contributed by atoms with Gasteiger partial charge in [-0.3, -0.25) is 0 Å². The molecule has 1 atom stereocenters. The lowest BCUT2D eigenvalue weighted by Gasteiger charge is -2.38. The van der Waals surface area contributed by atoms with E-state index >= 15 is 0 Å². The highest BCUT2D eigenvalue weighted by Gasteiger charge is 2.28. The monoisotopic (exact) mass is 227 g/mol. The fourth-order valence-electron chi connectivity index (χ4n) is 1.91. The average molecular weight is 227 g/mol. The van der Waals surface area contributed by atoms with E-state index < -0.39 is 14.2 Å². The van der Waals surface area contributed by atoms with E-state index in [1.165, 1.54) is 0 Å². The summed E-state index contributed by atoms with van der Waals surface area (Å²) in [5.74, 6) is -0.746. The molecule has 15 heavy (non-hydrogen) atoms. The van der Waals surface area contributed by atoms with Gasteiger partial charge in [0, 0.05) is 11.6 Å². The molecule has 1 unspecified atom stereocenters. The van der Waals surface area contributed by atoms with Gasteiger partial charge >= 0.3 is 5.97 Å². The molecular weight excluding hydrogens is 206 g/mol. The SMILES string of the molecule is CN(C1CC=C(C(=O)O)CC1)[Si](C)(C)C. The number of hydrogen-bond acceptors (Lipinski definition) is 2. The summed E-state index contributed by atoms with van der Waals surface area (Å²) in [5.41, 5.74) is 0.593. The van der Waals surface area contributed by atoms with Crippen LogP contribution in [0, 0.1) is 0 Å². The van der Waals surface area contributed by atoms with Crippen LogP contribution in [0.15, 0.2) is 11.6 Å². The van der Waals surface area contributed by atoms with Gasteiger partial charge in [0.2, 0.25) is 0 Å². The van der Waals surface area contributed by atoms with Crippen LogP contribution in [0.5, 0.6) is 0 Å². The molecule has 4 heteroatoms. The van der Waals surface area contributed by atoms with Crippen molar-refractivity contribution in [3.63, 3.8) is 0 Å². The molecule has 0 heterocycles. The van der Waals surface area contributed by atoms with E-state index in [4.69, 9.17) is 5.11 Å². The van der Waals surface area contributed by atoms with Crippen molar-refractivity contribution in [3.8, 4) is 0 Å². The molecule has 1 aliphatic rings. The van der Waals surface area contributed by atoms with E-state index in [1.54, 1.807) is 0 Å². The maximum atomic E-state index is 10.8. The lowest BCUT2D eigenvalue weighted by Crippen LogP contribution is -2.49. The minimum Gasteiger partial charge on any atom is -0.478 e. The highest BCUT2D eigenvalue weighted by atomic mass is 28.3. The second kappa shape index (κ2) is 4.49. The molecule has 0 bridgehead atoms. The molecule has 0 saturated carbocycles. The topological polar surface area (TPSA) is 40.5 Å². The second-order valence-electron chi connectivity index (χ2n) is 5.24. The van der Waals surface area contributed by atoms with Crippen molar-refractivity contribution in [2.75, 3.05) is 7.05 Å². The fourth-order valence-corrected chi connectivity index (χ4v) is 3.24. The van der Waals surface area contributed by atoms with Gasteiger partial charge in [0.1, 0.15) is 8.24 Å². The number of carboxylic acids is 1. The van der Waals surface area contributed by atoms with E-state index in [9.17, 15) is 4.79 Å². The van der Waals surface area contributed by atoms with Gasteiger partial charge in [0.25, 0.3) is 0 Å². The number of rotatable bonds is 3. The lowest BCUT2D eigenvalue weighted by molar-refractivity contribution is -0.132. The number of carboxylic acid groups (broad SMARTS) is 1. The molecule has 0 aromatic heterocycles. The smallest absolute Gasteiger partial charge is 0.331 e. The Balaban J connectivity index is 2.61. The molecule has 1 N–H and O–H groups in total. The van der Waals surface area contributed by atoms with Gasteiger partial charge in [-0.1, -0.05) is 25.7 Å². The average Bonchev–Trinajstić information content (AvgIpc) is 2.15. The van der Waals surface area contributed by atoms with Crippen LogP contribution in [0.3, 0.4) is 0 Å². The standard InChI is InChI=1S/C11H21NO2Si/c1-12(15(2,3)4)10-7-5-9(6-8-10)11(13)14/h5,10H,6-8H2,1-4H3,(H,13,14). The van der Waals surface area contributed by atoms with E-state index in [-0.39, 0.29) is 0 Å². The van der Waals surface area contributed by atoms with Crippen LogP contribution in [0.1, 0.15) is 19.3 Å². The van der Waals surface area contributed by atoms with Crippen LogP contribution in [0.2, 0.25) is 19.6 Å². The van der Waals surface area contributed by atoms with E-state index in [0.29, 0.717) is 11.6 Å². The first-order valence-corrected chi connectivity index (χ1v) is 8.92. The first-order valence-electron chi connectivity index (χ1n) is 5.47. The van der Waals surface area contributed by atoms with Crippen molar-refractivity contribution in [1.82, 2.24) is 4.57 Å². The predicted molar refractivity (Wildman–Crippen MR) is 64.5 cm³/mol. The van der Waals surface area contributed by atoms with Crippen molar-refractivity contribution in [3.05, 3.63) is 11.6 Å². The zero-order valence-electron chi connectivity index (χ0n) is 10.1. The van der Waals surface area contributed by atoms with Crippen molar-refractivity contribution >= 4 is 14.2 Å². The zero-order chi connectivity index (χ0) is 11.6. The normalized spacial score (nSPS) is 22.7. The number of carbonyl (C=O) groups is 1. The molecule has 0 radical (unpaired) electrons. The summed E-state index contributed by atoms with van der Waals surface area (Å²) in [6.07, 6.45) is 4.49. The van der Waals surface area contributed by atoms with Gasteiger partial charge in [0.15, 0.2) is 0 Å². The molecule has 0 amide bonds. The molecule has 3 nitrogen and oxygen atoms in total. The van der Waals surface area contributed by atoms with Gasteiger partial charge in [-0.05, 0) is 26.3 Å². The van der Waals surface area contributed by atoms with Gasteiger partial charge in [-0.25, -0.2) is 4.79 Å². The fraction of sp³-hybridized carbons (Fsp3) is 0.727. The van der Waals surface area contributed by atoms with Gasteiger partial charge in [0.05, 0.1) is 0 Å². The number of nitrogens with zero attached hydrogens (tertiary/aromatic N) is 1. The quantitative estimate of drug-likeness (QED) is 0.752. The summed E-state index contributed by atoms with van der Waals surface area (Å²) in [5, 5.41) is 8.85.